The Balaban J connectivity index is 1.99. The van der Waals surface area contributed by atoms with E-state index in [2.05, 4.69) is 31.2 Å². The Morgan fingerprint density at radius 2 is 2.09 bits per heavy atom. The lowest BCUT2D eigenvalue weighted by Crippen LogP contribution is -2.39. The summed E-state index contributed by atoms with van der Waals surface area (Å²) in [6, 6.07) is 0.243. The number of amides is 1. The predicted molar refractivity (Wildman–Crippen MR) is 86.0 cm³/mol. The molecule has 6 heteroatoms. The first kappa shape index (κ1) is 16.8. The summed E-state index contributed by atoms with van der Waals surface area (Å²) in [5.74, 6) is 1.43. The van der Waals surface area contributed by atoms with Crippen LogP contribution in [0.2, 0.25) is 0 Å². The minimum absolute atomic E-state index is 0.243. The fourth-order valence-electron chi connectivity index (χ4n) is 3.03. The zero-order valence-corrected chi connectivity index (χ0v) is 14.3. The lowest BCUT2D eigenvalue weighted by atomic mass is 10.1. The molecule has 2 rings (SSSR count). The molecule has 0 spiro atoms. The van der Waals surface area contributed by atoms with Crippen molar-refractivity contribution in [1.29, 1.82) is 0 Å². The van der Waals surface area contributed by atoms with Crippen molar-refractivity contribution >= 4 is 5.91 Å². The number of nitrogens with zero attached hydrogens (tertiary/aromatic N) is 3. The minimum atomic E-state index is 0.243. The maximum Gasteiger partial charge on any atom is 0.222 e. The van der Waals surface area contributed by atoms with Gasteiger partial charge in [-0.3, -0.25) is 4.79 Å². The molecule has 22 heavy (non-hydrogen) atoms. The molecule has 1 aromatic rings. The van der Waals surface area contributed by atoms with Gasteiger partial charge < -0.3 is 15.0 Å². The van der Waals surface area contributed by atoms with E-state index in [1.165, 1.54) is 0 Å². The maximum atomic E-state index is 11.7. The lowest BCUT2D eigenvalue weighted by Gasteiger charge is -2.22. The summed E-state index contributed by atoms with van der Waals surface area (Å²) in [4.78, 5) is 13.6. The molecule has 1 atom stereocenters. The highest BCUT2D eigenvalue weighted by Gasteiger charge is 2.23. The van der Waals surface area contributed by atoms with Crippen molar-refractivity contribution in [2.75, 3.05) is 20.2 Å². The summed E-state index contributed by atoms with van der Waals surface area (Å²) in [7, 11) is 3.58. The summed E-state index contributed by atoms with van der Waals surface area (Å²) >= 11 is 0. The molecule has 1 N–H and O–H groups in total. The zero-order chi connectivity index (χ0) is 16.3. The number of methoxy groups -OCH3 is 1. The molecule has 1 aliphatic heterocycles. The third-order valence-electron chi connectivity index (χ3n) is 4.15. The molecular formula is C16H28N4O2. The van der Waals surface area contributed by atoms with Gasteiger partial charge in [-0.15, -0.1) is 0 Å². The largest absolute Gasteiger partial charge is 0.481 e. The number of aromatic nitrogens is 2. The van der Waals surface area contributed by atoms with Crippen molar-refractivity contribution in [3.63, 3.8) is 0 Å². The molecule has 1 saturated heterocycles. The number of carbonyl (C=O) groups is 1. The molecule has 1 aromatic heterocycles. The molecule has 0 aliphatic carbocycles. The molecule has 0 unspecified atom stereocenters. The van der Waals surface area contributed by atoms with Crippen molar-refractivity contribution < 1.29 is 9.53 Å². The minimum Gasteiger partial charge on any atom is -0.481 e. The highest BCUT2D eigenvalue weighted by Crippen LogP contribution is 2.27. The number of rotatable bonds is 7. The smallest absolute Gasteiger partial charge is 0.222 e. The van der Waals surface area contributed by atoms with Gasteiger partial charge in [-0.1, -0.05) is 13.8 Å². The average Bonchev–Trinajstić information content (AvgIpc) is 3.00. The lowest BCUT2D eigenvalue weighted by molar-refractivity contribution is -0.127. The normalized spacial score (nSPS) is 16.6. The predicted octanol–water partition coefficient (Wildman–Crippen LogP) is 1.65. The van der Waals surface area contributed by atoms with E-state index in [0.29, 0.717) is 18.9 Å². The van der Waals surface area contributed by atoms with Crippen LogP contribution in [0.25, 0.3) is 0 Å². The molecule has 0 bridgehead atoms. The Bertz CT molecular complexity index is 524. The number of likely N-dealkylation sites (tertiary alicyclic amines) is 1. The second-order valence-electron chi connectivity index (χ2n) is 6.38. The van der Waals surface area contributed by atoms with E-state index in [1.54, 1.807) is 11.8 Å². The summed E-state index contributed by atoms with van der Waals surface area (Å²) < 4.78 is 7.28. The van der Waals surface area contributed by atoms with Gasteiger partial charge in [-0.25, -0.2) is 4.68 Å². The number of aryl methyl sites for hydroxylation is 1. The van der Waals surface area contributed by atoms with Gasteiger partial charge in [0.05, 0.1) is 18.4 Å². The first-order chi connectivity index (χ1) is 10.4. The van der Waals surface area contributed by atoms with Crippen molar-refractivity contribution in [1.82, 2.24) is 20.0 Å². The van der Waals surface area contributed by atoms with Crippen molar-refractivity contribution in [2.45, 2.75) is 52.1 Å². The Hall–Kier alpha value is -1.56. The molecule has 124 valence electrons. The monoisotopic (exact) mass is 308 g/mol. The van der Waals surface area contributed by atoms with E-state index in [1.807, 2.05) is 11.9 Å². The first-order valence-corrected chi connectivity index (χ1v) is 8.05. The average molecular weight is 308 g/mol. The Morgan fingerprint density at radius 1 is 1.36 bits per heavy atom. The Labute approximate surface area is 132 Å². The number of nitrogens with one attached hydrogen (secondary N) is 1. The number of hydrogen-bond acceptors (Lipinski definition) is 4. The highest BCUT2D eigenvalue weighted by molar-refractivity contribution is 5.78. The van der Waals surface area contributed by atoms with Gasteiger partial charge in [0.1, 0.15) is 0 Å². The fraction of sp³-hybridized carbons (Fsp3) is 0.750. The molecule has 0 radical (unpaired) electrons. The molecule has 1 amide bonds. The van der Waals surface area contributed by atoms with Crippen LogP contribution in [-0.4, -0.2) is 46.8 Å². The first-order valence-electron chi connectivity index (χ1n) is 8.05. The second kappa shape index (κ2) is 7.13. The van der Waals surface area contributed by atoms with Crippen molar-refractivity contribution in [2.24, 2.45) is 7.05 Å². The van der Waals surface area contributed by atoms with Gasteiger partial charge in [0, 0.05) is 39.1 Å². The van der Waals surface area contributed by atoms with Gasteiger partial charge in [-0.2, -0.15) is 5.10 Å². The van der Waals surface area contributed by atoms with E-state index in [4.69, 9.17) is 4.74 Å². The van der Waals surface area contributed by atoms with Crippen LogP contribution in [0.5, 0.6) is 5.88 Å². The molecule has 1 fully saturated rings. The van der Waals surface area contributed by atoms with Gasteiger partial charge in [0.15, 0.2) is 0 Å². The van der Waals surface area contributed by atoms with E-state index < -0.39 is 0 Å². The number of carbonyl (C=O) groups excluding carboxylic acids is 1. The van der Waals surface area contributed by atoms with Crippen LogP contribution in [0.15, 0.2) is 0 Å². The zero-order valence-electron chi connectivity index (χ0n) is 14.3. The van der Waals surface area contributed by atoms with E-state index >= 15 is 0 Å². The van der Waals surface area contributed by atoms with Crippen LogP contribution in [-0.2, 0) is 18.4 Å². The van der Waals surface area contributed by atoms with Crippen LogP contribution >= 0.6 is 0 Å². The third-order valence-corrected chi connectivity index (χ3v) is 4.15. The number of ether oxygens (including phenoxy) is 1. The van der Waals surface area contributed by atoms with Crippen LogP contribution in [0.4, 0.5) is 0 Å². The topological polar surface area (TPSA) is 59.4 Å². The van der Waals surface area contributed by atoms with Crippen LogP contribution < -0.4 is 10.1 Å². The van der Waals surface area contributed by atoms with E-state index in [0.717, 1.165) is 36.6 Å². The molecule has 6 nitrogen and oxygen atoms in total. The van der Waals surface area contributed by atoms with Crippen LogP contribution in [0.3, 0.4) is 0 Å². The Morgan fingerprint density at radius 3 is 2.64 bits per heavy atom. The van der Waals surface area contributed by atoms with Crippen LogP contribution in [0.1, 0.15) is 50.8 Å². The number of hydrogen-bond donors (Lipinski definition) is 1. The molecule has 1 aliphatic rings. The second-order valence-corrected chi connectivity index (χ2v) is 6.38. The van der Waals surface area contributed by atoms with Gasteiger partial charge in [0.25, 0.3) is 0 Å². The Kier molecular flexibility index (Phi) is 5.45. The van der Waals surface area contributed by atoms with Gasteiger partial charge in [-0.05, 0) is 19.3 Å². The molecule has 0 aromatic carbocycles. The summed E-state index contributed by atoms with van der Waals surface area (Å²) in [6.45, 7) is 8.74. The SMILES string of the molecule is COc1c(CN[C@H](C)CN2CCCC2=O)c(C(C)C)nn1C. The maximum absolute atomic E-state index is 11.7. The molecule has 2 heterocycles. The molecular weight excluding hydrogens is 280 g/mol. The quantitative estimate of drug-likeness (QED) is 0.832. The van der Waals surface area contributed by atoms with E-state index in [-0.39, 0.29) is 11.9 Å². The van der Waals surface area contributed by atoms with Gasteiger partial charge in [0.2, 0.25) is 11.8 Å². The highest BCUT2D eigenvalue weighted by atomic mass is 16.5. The molecule has 0 saturated carbocycles. The van der Waals surface area contributed by atoms with Crippen molar-refractivity contribution in [3.8, 4) is 5.88 Å². The van der Waals surface area contributed by atoms with Crippen LogP contribution in [0, 0.1) is 0 Å². The van der Waals surface area contributed by atoms with Crippen molar-refractivity contribution in [3.05, 3.63) is 11.3 Å². The standard InChI is InChI=1S/C16H28N4O2/c1-11(2)15-13(16(22-5)19(4)18-15)9-17-12(3)10-20-8-6-7-14(20)21/h11-12,17H,6-10H2,1-5H3/t12-/m1/s1. The fourth-order valence-corrected chi connectivity index (χ4v) is 3.03. The third kappa shape index (κ3) is 3.61. The van der Waals surface area contributed by atoms with Gasteiger partial charge >= 0.3 is 0 Å². The summed E-state index contributed by atoms with van der Waals surface area (Å²) in [6.07, 6.45) is 1.68. The summed E-state index contributed by atoms with van der Waals surface area (Å²) in [5, 5.41) is 8.06. The van der Waals surface area contributed by atoms with E-state index in [9.17, 15) is 4.79 Å². The summed E-state index contributed by atoms with van der Waals surface area (Å²) in [5.41, 5.74) is 2.18.